The topological polar surface area (TPSA) is 105 Å². The van der Waals surface area contributed by atoms with Crippen molar-refractivity contribution in [3.8, 4) is 0 Å². The van der Waals surface area contributed by atoms with Gasteiger partial charge in [-0.15, -0.1) is 11.8 Å². The number of benzene rings is 1. The van der Waals surface area contributed by atoms with Crippen LogP contribution in [-0.4, -0.2) is 47.6 Å². The highest BCUT2D eigenvalue weighted by atomic mass is 35.5. The molecule has 0 saturated carbocycles. The van der Waals surface area contributed by atoms with E-state index >= 15 is 0 Å². The molecule has 2 aromatic rings. The van der Waals surface area contributed by atoms with Crippen molar-refractivity contribution in [3.05, 3.63) is 34.9 Å². The fraction of sp³-hybridized carbons (Fsp3) is 0.438. The van der Waals surface area contributed by atoms with Crippen LogP contribution >= 0.6 is 23.4 Å². The average molecular weight is 431 g/mol. The molecule has 0 radical (unpaired) electrons. The second-order valence-corrected chi connectivity index (χ2v) is 9.33. The van der Waals surface area contributed by atoms with Crippen LogP contribution < -0.4 is 5.32 Å². The van der Waals surface area contributed by atoms with E-state index in [1.807, 2.05) is 0 Å². The van der Waals surface area contributed by atoms with Crippen LogP contribution in [0.3, 0.4) is 0 Å². The summed E-state index contributed by atoms with van der Waals surface area (Å²) in [5, 5.41) is 6.60. The fourth-order valence-electron chi connectivity index (χ4n) is 2.68. The highest BCUT2D eigenvalue weighted by Gasteiger charge is 2.29. The molecule has 0 spiro atoms. The molecule has 1 aromatic heterocycles. The number of hydrogen-bond acceptors (Lipinski definition) is 7. The minimum Gasteiger partial charge on any atom is -0.340 e. The molecule has 1 N–H and O–H groups in total. The fourth-order valence-corrected chi connectivity index (χ4v) is 5.36. The first-order chi connectivity index (χ1) is 12.9. The Balaban J connectivity index is 1.62. The first-order valence-corrected chi connectivity index (χ1v) is 11.3. The number of aryl methyl sites for hydroxylation is 1. The van der Waals surface area contributed by atoms with Gasteiger partial charge in [-0.1, -0.05) is 16.8 Å². The number of rotatable bonds is 7. The SMILES string of the molecule is Cc1nc(CSCC(=O)Nc2ccc(Cl)c(S(=O)(=O)N3CCCC3)c2)no1. The van der Waals surface area contributed by atoms with E-state index in [2.05, 4.69) is 15.5 Å². The summed E-state index contributed by atoms with van der Waals surface area (Å²) in [7, 11) is -3.66. The third-order valence-corrected chi connectivity index (χ3v) is 7.24. The largest absolute Gasteiger partial charge is 0.340 e. The standard InChI is InChI=1S/C16H19ClN4O4S2/c1-11-18-15(20-25-11)9-26-10-16(22)19-12-4-5-13(17)14(8-12)27(23,24)21-6-2-3-7-21/h4-5,8H,2-3,6-7,9-10H2,1H3,(H,19,22). The normalized spacial score (nSPS) is 15.2. The summed E-state index contributed by atoms with van der Waals surface area (Å²) in [6.07, 6.45) is 1.68. The Morgan fingerprint density at radius 3 is 2.78 bits per heavy atom. The van der Waals surface area contributed by atoms with Gasteiger partial charge in [-0.05, 0) is 31.0 Å². The Morgan fingerprint density at radius 2 is 2.11 bits per heavy atom. The zero-order chi connectivity index (χ0) is 19.4. The van der Waals surface area contributed by atoms with Crippen molar-refractivity contribution in [1.29, 1.82) is 0 Å². The van der Waals surface area contributed by atoms with Crippen LogP contribution in [0.5, 0.6) is 0 Å². The Hall–Kier alpha value is -1.62. The zero-order valence-corrected chi connectivity index (χ0v) is 17.0. The van der Waals surface area contributed by atoms with Gasteiger partial charge < -0.3 is 9.84 Å². The molecule has 1 fully saturated rings. The molecule has 1 aliphatic rings. The van der Waals surface area contributed by atoms with Crippen LogP contribution in [0.2, 0.25) is 5.02 Å². The Labute approximate surface area is 166 Å². The highest BCUT2D eigenvalue weighted by molar-refractivity contribution is 7.99. The molecule has 0 bridgehead atoms. The first kappa shape index (κ1) is 20.1. The number of amides is 1. The van der Waals surface area contributed by atoms with Gasteiger partial charge >= 0.3 is 0 Å². The van der Waals surface area contributed by atoms with Gasteiger partial charge in [-0.3, -0.25) is 4.79 Å². The lowest BCUT2D eigenvalue weighted by molar-refractivity contribution is -0.113. The lowest BCUT2D eigenvalue weighted by Crippen LogP contribution is -2.28. The van der Waals surface area contributed by atoms with Crippen molar-refractivity contribution in [3.63, 3.8) is 0 Å². The van der Waals surface area contributed by atoms with Gasteiger partial charge in [0.05, 0.1) is 16.5 Å². The van der Waals surface area contributed by atoms with Gasteiger partial charge in [0.15, 0.2) is 5.82 Å². The molecule has 146 valence electrons. The Morgan fingerprint density at radius 1 is 1.37 bits per heavy atom. The first-order valence-electron chi connectivity index (χ1n) is 8.33. The van der Waals surface area contributed by atoms with Crippen molar-refractivity contribution in [2.24, 2.45) is 0 Å². The smallest absolute Gasteiger partial charge is 0.244 e. The number of nitrogens with one attached hydrogen (secondary N) is 1. The van der Waals surface area contributed by atoms with Gasteiger partial charge in [0.1, 0.15) is 4.90 Å². The maximum absolute atomic E-state index is 12.7. The summed E-state index contributed by atoms with van der Waals surface area (Å²) in [4.78, 5) is 16.2. The predicted octanol–water partition coefficient (Wildman–Crippen LogP) is 2.69. The summed E-state index contributed by atoms with van der Waals surface area (Å²) in [5.74, 6) is 1.36. The van der Waals surface area contributed by atoms with E-state index in [4.69, 9.17) is 16.1 Å². The van der Waals surface area contributed by atoms with Crippen molar-refractivity contribution < 1.29 is 17.7 Å². The molecule has 3 rings (SSSR count). The number of carbonyl (C=O) groups is 1. The number of carbonyl (C=O) groups excluding carboxylic acids is 1. The molecule has 1 saturated heterocycles. The maximum Gasteiger partial charge on any atom is 0.244 e. The number of aromatic nitrogens is 2. The summed E-state index contributed by atoms with van der Waals surface area (Å²) in [5.41, 5.74) is 0.387. The second-order valence-electron chi connectivity index (χ2n) is 6.03. The number of sulfonamides is 1. The molecule has 0 unspecified atom stereocenters. The summed E-state index contributed by atoms with van der Waals surface area (Å²) in [6.45, 7) is 2.67. The maximum atomic E-state index is 12.7. The second kappa shape index (κ2) is 8.59. The van der Waals surface area contributed by atoms with Crippen LogP contribution in [0.4, 0.5) is 5.69 Å². The van der Waals surface area contributed by atoms with Crippen molar-refractivity contribution in [2.75, 3.05) is 24.2 Å². The van der Waals surface area contributed by atoms with Crippen LogP contribution in [0.15, 0.2) is 27.6 Å². The molecule has 1 amide bonds. The number of thioether (sulfide) groups is 1. The van der Waals surface area contributed by atoms with Crippen LogP contribution in [0, 0.1) is 6.92 Å². The molecule has 1 aromatic carbocycles. The van der Waals surface area contributed by atoms with E-state index in [0.29, 0.717) is 36.2 Å². The summed E-state index contributed by atoms with van der Waals surface area (Å²) >= 11 is 7.43. The van der Waals surface area contributed by atoms with E-state index in [9.17, 15) is 13.2 Å². The molecule has 8 nitrogen and oxygen atoms in total. The lowest BCUT2D eigenvalue weighted by Gasteiger charge is -2.17. The van der Waals surface area contributed by atoms with Gasteiger partial charge in [-0.2, -0.15) is 9.29 Å². The average Bonchev–Trinajstić information content (AvgIpc) is 3.29. The monoisotopic (exact) mass is 430 g/mol. The van der Waals surface area contributed by atoms with Crippen molar-refractivity contribution in [1.82, 2.24) is 14.4 Å². The Bertz CT molecular complexity index is 926. The van der Waals surface area contributed by atoms with Gasteiger partial charge in [0.2, 0.25) is 21.8 Å². The van der Waals surface area contributed by atoms with E-state index < -0.39 is 10.0 Å². The van der Waals surface area contributed by atoms with E-state index in [1.165, 1.54) is 28.2 Å². The number of anilines is 1. The minimum absolute atomic E-state index is 0.0128. The molecule has 1 aliphatic heterocycles. The number of halogens is 1. The third-order valence-electron chi connectivity index (χ3n) is 3.93. The van der Waals surface area contributed by atoms with E-state index in [1.54, 1.807) is 13.0 Å². The molecule has 11 heteroatoms. The molecule has 0 aliphatic carbocycles. The summed E-state index contributed by atoms with van der Waals surface area (Å²) < 4.78 is 31.7. The predicted molar refractivity (Wildman–Crippen MR) is 103 cm³/mol. The van der Waals surface area contributed by atoms with E-state index in [0.717, 1.165) is 12.8 Å². The Kier molecular flexibility index (Phi) is 6.40. The summed E-state index contributed by atoms with van der Waals surface area (Å²) in [6, 6.07) is 4.47. The minimum atomic E-state index is -3.66. The number of hydrogen-bond donors (Lipinski definition) is 1. The van der Waals surface area contributed by atoms with E-state index in [-0.39, 0.29) is 21.6 Å². The van der Waals surface area contributed by atoms with Gasteiger partial charge in [0.25, 0.3) is 0 Å². The third kappa shape index (κ3) is 5.01. The molecule has 0 atom stereocenters. The van der Waals surface area contributed by atoms with Crippen molar-refractivity contribution >= 4 is 45.0 Å². The van der Waals surface area contributed by atoms with Gasteiger partial charge in [-0.25, -0.2) is 8.42 Å². The van der Waals surface area contributed by atoms with Crippen LogP contribution in [0.25, 0.3) is 0 Å². The molecular weight excluding hydrogens is 412 g/mol. The highest BCUT2D eigenvalue weighted by Crippen LogP contribution is 2.29. The lowest BCUT2D eigenvalue weighted by atomic mass is 10.3. The molecule has 2 heterocycles. The molecular formula is C16H19ClN4O4S2. The quantitative estimate of drug-likeness (QED) is 0.719. The van der Waals surface area contributed by atoms with Gasteiger partial charge in [0, 0.05) is 25.7 Å². The van der Waals surface area contributed by atoms with Crippen molar-refractivity contribution in [2.45, 2.75) is 30.4 Å². The van der Waals surface area contributed by atoms with Crippen LogP contribution in [0.1, 0.15) is 24.6 Å². The van der Waals surface area contributed by atoms with Crippen LogP contribution in [-0.2, 0) is 20.6 Å². The number of nitrogens with zero attached hydrogens (tertiary/aromatic N) is 3. The molecule has 27 heavy (non-hydrogen) atoms. The zero-order valence-electron chi connectivity index (χ0n) is 14.6.